The van der Waals surface area contributed by atoms with E-state index < -0.39 is 6.23 Å². The summed E-state index contributed by atoms with van der Waals surface area (Å²) in [7, 11) is 3.23. The molecule has 3 aliphatic rings. The van der Waals surface area contributed by atoms with E-state index in [1.54, 1.807) is 14.2 Å². The Kier molecular flexibility index (Phi) is 6.99. The highest BCUT2D eigenvalue weighted by Crippen LogP contribution is 2.48. The lowest BCUT2D eigenvalue weighted by molar-refractivity contribution is -0.117. The maximum Gasteiger partial charge on any atom is 0.161 e. The molecule has 0 spiro atoms. The van der Waals surface area contributed by atoms with Gasteiger partial charge in [0.25, 0.3) is 0 Å². The van der Waals surface area contributed by atoms with Crippen LogP contribution in [0.2, 0.25) is 0 Å². The highest BCUT2D eigenvalue weighted by molar-refractivity contribution is 5.99. The third kappa shape index (κ3) is 4.87. The number of aliphatic hydroxyl groups excluding tert-OH is 1. The van der Waals surface area contributed by atoms with Gasteiger partial charge in [-0.05, 0) is 53.3 Å². The van der Waals surface area contributed by atoms with E-state index in [0.29, 0.717) is 30.9 Å². The van der Waals surface area contributed by atoms with Crippen molar-refractivity contribution in [2.75, 3.05) is 14.2 Å². The Labute approximate surface area is 227 Å². The molecule has 0 bridgehead atoms. The Hall–Kier alpha value is -3.85. The van der Waals surface area contributed by atoms with E-state index in [1.165, 1.54) is 0 Å². The van der Waals surface area contributed by atoms with Gasteiger partial charge in [0.2, 0.25) is 0 Å². The van der Waals surface area contributed by atoms with E-state index in [2.05, 4.69) is 16.2 Å². The highest BCUT2D eigenvalue weighted by atomic mass is 16.5. The Bertz CT molecular complexity index is 1370. The van der Waals surface area contributed by atoms with Gasteiger partial charge in [0.05, 0.1) is 20.4 Å². The summed E-state index contributed by atoms with van der Waals surface area (Å²) >= 11 is 0. The zero-order chi connectivity index (χ0) is 26.9. The predicted molar refractivity (Wildman–Crippen MR) is 146 cm³/mol. The smallest absolute Gasteiger partial charge is 0.161 e. The molecule has 3 aromatic rings. The lowest BCUT2D eigenvalue weighted by Gasteiger charge is -2.42. The van der Waals surface area contributed by atoms with Crippen molar-refractivity contribution in [1.29, 1.82) is 0 Å². The molecule has 2 heterocycles. The predicted octanol–water partition coefficient (Wildman–Crippen LogP) is 3.74. The Balaban J connectivity index is 1.29. The highest BCUT2D eigenvalue weighted by Gasteiger charge is 2.49. The zero-order valence-electron chi connectivity index (χ0n) is 22.0. The average molecular weight is 528 g/mol. The van der Waals surface area contributed by atoms with E-state index in [0.717, 1.165) is 33.7 Å². The molecule has 39 heavy (non-hydrogen) atoms. The molecule has 3 aromatic carbocycles. The van der Waals surface area contributed by atoms with Crippen LogP contribution >= 0.6 is 0 Å². The first kappa shape index (κ1) is 25.4. The number of aliphatic hydroxyl groups is 1. The van der Waals surface area contributed by atoms with Crippen molar-refractivity contribution in [2.45, 2.75) is 43.7 Å². The van der Waals surface area contributed by atoms with Crippen LogP contribution in [0, 0.1) is 5.92 Å². The first-order valence-corrected chi connectivity index (χ1v) is 13.3. The number of rotatable bonds is 7. The van der Waals surface area contributed by atoms with Crippen molar-refractivity contribution in [3.05, 3.63) is 101 Å². The fourth-order valence-corrected chi connectivity index (χ4v) is 6.11. The molecule has 5 atom stereocenters. The molecule has 1 aliphatic carbocycles. The second-order valence-corrected chi connectivity index (χ2v) is 10.3. The van der Waals surface area contributed by atoms with Crippen molar-refractivity contribution in [2.24, 2.45) is 5.92 Å². The summed E-state index contributed by atoms with van der Waals surface area (Å²) in [6, 6.07) is 23.8. The summed E-state index contributed by atoms with van der Waals surface area (Å²) in [5, 5.41) is 14.4. The molecule has 0 radical (unpaired) electrons. The molecular weight excluding hydrogens is 494 g/mol. The van der Waals surface area contributed by atoms with Gasteiger partial charge in [0, 0.05) is 29.5 Å². The van der Waals surface area contributed by atoms with E-state index >= 15 is 0 Å². The number of ether oxygens (including phenoxy) is 3. The molecule has 202 valence electrons. The van der Waals surface area contributed by atoms with Crippen molar-refractivity contribution >= 4 is 5.78 Å². The second-order valence-electron chi connectivity index (χ2n) is 10.3. The van der Waals surface area contributed by atoms with Crippen LogP contribution in [0.1, 0.15) is 41.4 Å². The number of allylic oxidation sites excluding steroid dienone is 2. The zero-order valence-corrected chi connectivity index (χ0v) is 22.0. The minimum atomic E-state index is -0.799. The van der Waals surface area contributed by atoms with Gasteiger partial charge < -0.3 is 24.6 Å². The third-order valence-electron chi connectivity index (χ3n) is 8.04. The number of benzene rings is 3. The molecule has 0 saturated carbocycles. The summed E-state index contributed by atoms with van der Waals surface area (Å²) < 4.78 is 16.9. The maximum atomic E-state index is 13.8. The number of carbonyl (C=O) groups is 1. The molecule has 6 rings (SSSR count). The Morgan fingerprint density at radius 3 is 2.36 bits per heavy atom. The Morgan fingerprint density at radius 2 is 1.62 bits per heavy atom. The molecule has 8 nitrogen and oxygen atoms in total. The molecular formula is C31H33N3O5. The number of ketones is 1. The van der Waals surface area contributed by atoms with Crippen LogP contribution in [0.15, 0.2) is 84.1 Å². The van der Waals surface area contributed by atoms with Crippen LogP contribution in [-0.2, 0) is 11.4 Å². The minimum Gasteiger partial charge on any atom is -0.493 e. The van der Waals surface area contributed by atoms with Crippen molar-refractivity contribution < 1.29 is 24.1 Å². The molecule has 0 amide bonds. The lowest BCUT2D eigenvalue weighted by Crippen LogP contribution is -2.51. The molecule has 2 aliphatic heterocycles. The van der Waals surface area contributed by atoms with Crippen molar-refractivity contribution in [3.8, 4) is 17.2 Å². The SMILES string of the molecule is COc1ccc([C@H]2CC(=O)C3=C(C2)NC2NNC(O)C2[C@@H]3c2ccc(OCc3ccccc3)cc2)cc1OC. The van der Waals surface area contributed by atoms with Gasteiger partial charge in [0.1, 0.15) is 18.6 Å². The molecule has 1 saturated heterocycles. The van der Waals surface area contributed by atoms with Gasteiger partial charge in [-0.2, -0.15) is 0 Å². The van der Waals surface area contributed by atoms with E-state index in [-0.39, 0.29) is 29.7 Å². The van der Waals surface area contributed by atoms with Gasteiger partial charge in [-0.15, -0.1) is 0 Å². The van der Waals surface area contributed by atoms with E-state index in [4.69, 9.17) is 14.2 Å². The van der Waals surface area contributed by atoms with Gasteiger partial charge in [-0.3, -0.25) is 4.79 Å². The van der Waals surface area contributed by atoms with Crippen LogP contribution < -0.4 is 30.4 Å². The minimum absolute atomic E-state index is 0.00815. The number of hydrogen-bond acceptors (Lipinski definition) is 8. The van der Waals surface area contributed by atoms with Crippen molar-refractivity contribution in [1.82, 2.24) is 16.2 Å². The number of methoxy groups -OCH3 is 2. The largest absolute Gasteiger partial charge is 0.493 e. The van der Waals surface area contributed by atoms with Gasteiger partial charge in [0.15, 0.2) is 17.3 Å². The first-order chi connectivity index (χ1) is 19.1. The molecule has 0 aromatic heterocycles. The lowest BCUT2D eigenvalue weighted by atomic mass is 9.69. The third-order valence-corrected chi connectivity index (χ3v) is 8.04. The van der Waals surface area contributed by atoms with Crippen LogP contribution in [0.4, 0.5) is 0 Å². The normalized spacial score (nSPS) is 25.9. The van der Waals surface area contributed by atoms with Gasteiger partial charge in [-0.1, -0.05) is 48.5 Å². The Morgan fingerprint density at radius 1 is 0.872 bits per heavy atom. The van der Waals surface area contributed by atoms with Crippen LogP contribution in [0.5, 0.6) is 17.2 Å². The topological polar surface area (TPSA) is 101 Å². The van der Waals surface area contributed by atoms with Gasteiger partial charge >= 0.3 is 0 Å². The number of hydrazine groups is 1. The van der Waals surface area contributed by atoms with Crippen LogP contribution in [0.3, 0.4) is 0 Å². The number of carbonyl (C=O) groups excluding carboxylic acids is 1. The number of hydrogen-bond donors (Lipinski definition) is 4. The standard InChI is InChI=1S/C31H33N3O5/c1-37-25-13-10-20(16-26(25)38-2)21-14-23-28(24(35)15-21)27(29-30(32-23)33-34-31(29)36)19-8-11-22(12-9-19)39-17-18-6-4-3-5-7-18/h3-13,16,21,27,29-34,36H,14-15,17H2,1-2H3/t21-,27-,29?,30?,31?/m1/s1. The second kappa shape index (κ2) is 10.7. The number of nitrogens with one attached hydrogen (secondary N) is 3. The van der Waals surface area contributed by atoms with Crippen LogP contribution in [0.25, 0.3) is 0 Å². The monoisotopic (exact) mass is 527 g/mol. The van der Waals surface area contributed by atoms with Crippen molar-refractivity contribution in [3.63, 3.8) is 0 Å². The van der Waals surface area contributed by atoms with E-state index in [9.17, 15) is 9.90 Å². The average Bonchev–Trinajstić information content (AvgIpc) is 3.35. The summed E-state index contributed by atoms with van der Waals surface area (Å²) in [6.45, 7) is 0.482. The summed E-state index contributed by atoms with van der Waals surface area (Å²) in [5.41, 5.74) is 10.9. The fraction of sp³-hybridized carbons (Fsp3) is 0.323. The van der Waals surface area contributed by atoms with Gasteiger partial charge in [-0.25, -0.2) is 10.9 Å². The molecule has 3 unspecified atom stereocenters. The summed E-state index contributed by atoms with van der Waals surface area (Å²) in [6.07, 6.45) is 0.0625. The van der Waals surface area contributed by atoms with Crippen LogP contribution in [-0.4, -0.2) is 37.5 Å². The molecule has 8 heteroatoms. The quantitative estimate of drug-likeness (QED) is 0.369. The van der Waals surface area contributed by atoms with E-state index in [1.807, 2.05) is 72.8 Å². The number of fused-ring (bicyclic) bond motifs is 1. The fourth-order valence-electron chi connectivity index (χ4n) is 6.11. The molecule has 1 fully saturated rings. The molecule has 4 N–H and O–H groups in total. The maximum absolute atomic E-state index is 13.8. The summed E-state index contributed by atoms with van der Waals surface area (Å²) in [4.78, 5) is 13.8. The number of Topliss-reactive ketones (excluding diaryl/α,β-unsaturated/α-hetero) is 1. The summed E-state index contributed by atoms with van der Waals surface area (Å²) in [5.74, 6) is 1.66. The first-order valence-electron chi connectivity index (χ1n) is 13.3.